The second kappa shape index (κ2) is 10.1. The number of carbonyl (C=O) groups is 3. The molecule has 0 aromatic carbocycles. The Morgan fingerprint density at radius 1 is 1.36 bits per heavy atom. The van der Waals surface area contributed by atoms with Crippen molar-refractivity contribution in [2.45, 2.75) is 65.5 Å². The summed E-state index contributed by atoms with van der Waals surface area (Å²) in [5.41, 5.74) is 5.37. The lowest BCUT2D eigenvalue weighted by Gasteiger charge is -2.26. The third kappa shape index (κ3) is 7.21. The molecule has 140 valence electrons. The molecule has 0 saturated heterocycles. The van der Waals surface area contributed by atoms with Crippen molar-refractivity contribution in [3.05, 3.63) is 16.1 Å². The van der Waals surface area contributed by atoms with Crippen molar-refractivity contribution >= 4 is 29.1 Å². The van der Waals surface area contributed by atoms with Crippen molar-refractivity contribution in [3.63, 3.8) is 0 Å². The predicted octanol–water partition coefficient (Wildman–Crippen LogP) is 2.57. The molecule has 1 aromatic rings. The van der Waals surface area contributed by atoms with Crippen LogP contribution in [-0.4, -0.2) is 28.8 Å². The molecular formula is C17H27N3O4S. The van der Waals surface area contributed by atoms with Gasteiger partial charge in [0.2, 0.25) is 5.91 Å². The minimum atomic E-state index is -0.630. The highest BCUT2D eigenvalue weighted by molar-refractivity contribution is 7.09. The molecule has 0 spiro atoms. The molecule has 2 unspecified atom stereocenters. The minimum absolute atomic E-state index is 0.0147. The van der Waals surface area contributed by atoms with Gasteiger partial charge in [-0.1, -0.05) is 27.2 Å². The smallest absolute Gasteiger partial charge is 0.303 e. The molecule has 2 atom stereocenters. The summed E-state index contributed by atoms with van der Waals surface area (Å²) in [5.74, 6) is -0.934. The van der Waals surface area contributed by atoms with E-state index in [0.29, 0.717) is 17.8 Å². The number of carbonyl (C=O) groups excluding carboxylic acids is 3. The van der Waals surface area contributed by atoms with Crippen LogP contribution in [0.25, 0.3) is 0 Å². The van der Waals surface area contributed by atoms with Crippen LogP contribution in [0, 0.1) is 5.92 Å². The Bertz CT molecular complexity index is 600. The van der Waals surface area contributed by atoms with Crippen molar-refractivity contribution in [1.29, 1.82) is 0 Å². The molecule has 0 radical (unpaired) electrons. The molecule has 0 aliphatic carbocycles. The van der Waals surface area contributed by atoms with Crippen LogP contribution < -0.4 is 11.1 Å². The Kier molecular flexibility index (Phi) is 8.54. The molecule has 0 aliphatic heterocycles. The number of unbranched alkanes of at least 4 members (excludes halogenated alkanes) is 1. The van der Waals surface area contributed by atoms with Crippen LogP contribution in [0.5, 0.6) is 0 Å². The predicted molar refractivity (Wildman–Crippen MR) is 96.0 cm³/mol. The van der Waals surface area contributed by atoms with Crippen LogP contribution in [0.4, 0.5) is 0 Å². The fourth-order valence-electron chi connectivity index (χ4n) is 2.29. The molecule has 1 heterocycles. The third-order valence-electron chi connectivity index (χ3n) is 3.73. The Morgan fingerprint density at radius 2 is 2.04 bits per heavy atom. The van der Waals surface area contributed by atoms with Crippen LogP contribution in [0.2, 0.25) is 0 Å². The lowest BCUT2D eigenvalue weighted by Crippen LogP contribution is -2.40. The topological polar surface area (TPSA) is 111 Å². The summed E-state index contributed by atoms with van der Waals surface area (Å²) in [6, 6.07) is -0.172. The first-order valence-corrected chi connectivity index (χ1v) is 9.34. The van der Waals surface area contributed by atoms with Gasteiger partial charge in [0.25, 0.3) is 5.91 Å². The first-order valence-electron chi connectivity index (χ1n) is 8.46. The highest BCUT2D eigenvalue weighted by atomic mass is 32.1. The Balaban J connectivity index is 2.90. The number of nitrogens with zero attached hydrogens (tertiary/aromatic N) is 1. The second-order valence-electron chi connectivity index (χ2n) is 6.29. The first kappa shape index (κ1) is 21.1. The summed E-state index contributed by atoms with van der Waals surface area (Å²) in [7, 11) is 0. The van der Waals surface area contributed by atoms with Crippen molar-refractivity contribution in [2.75, 3.05) is 0 Å². The van der Waals surface area contributed by atoms with E-state index in [1.54, 1.807) is 5.38 Å². The van der Waals surface area contributed by atoms with Crippen LogP contribution in [0.1, 0.15) is 75.0 Å². The van der Waals surface area contributed by atoms with E-state index in [-0.39, 0.29) is 23.6 Å². The average Bonchev–Trinajstić information content (AvgIpc) is 3.01. The fourth-order valence-corrected chi connectivity index (χ4v) is 3.14. The van der Waals surface area contributed by atoms with Gasteiger partial charge in [-0.25, -0.2) is 4.98 Å². The highest BCUT2D eigenvalue weighted by Crippen LogP contribution is 2.28. The molecule has 0 saturated carbocycles. The van der Waals surface area contributed by atoms with E-state index in [0.717, 1.165) is 12.8 Å². The van der Waals surface area contributed by atoms with Gasteiger partial charge >= 0.3 is 5.97 Å². The number of thiazole rings is 1. The summed E-state index contributed by atoms with van der Waals surface area (Å²) in [6.07, 6.45) is 2.01. The van der Waals surface area contributed by atoms with E-state index < -0.39 is 18.0 Å². The number of primary amides is 1. The summed E-state index contributed by atoms with van der Waals surface area (Å²) >= 11 is 1.21. The summed E-state index contributed by atoms with van der Waals surface area (Å²) in [6.45, 7) is 7.33. The van der Waals surface area contributed by atoms with Crippen molar-refractivity contribution in [1.82, 2.24) is 10.3 Å². The maximum Gasteiger partial charge on any atom is 0.303 e. The van der Waals surface area contributed by atoms with Gasteiger partial charge in [0.05, 0.1) is 0 Å². The van der Waals surface area contributed by atoms with Crippen LogP contribution in [0.15, 0.2) is 5.38 Å². The van der Waals surface area contributed by atoms with Crippen LogP contribution >= 0.6 is 11.3 Å². The molecule has 3 N–H and O–H groups in total. The molecule has 1 aromatic heterocycles. The number of nitrogens with two attached hydrogens (primary N) is 1. The molecule has 8 heteroatoms. The highest BCUT2D eigenvalue weighted by Gasteiger charge is 2.27. The van der Waals surface area contributed by atoms with Gasteiger partial charge in [-0.2, -0.15) is 0 Å². The number of rotatable bonds is 10. The third-order valence-corrected chi connectivity index (χ3v) is 4.67. The number of hydrogen-bond acceptors (Lipinski definition) is 6. The normalized spacial score (nSPS) is 13.3. The molecule has 2 amide bonds. The maximum absolute atomic E-state index is 12.1. The Hall–Kier alpha value is -1.96. The van der Waals surface area contributed by atoms with E-state index in [1.807, 2.05) is 20.8 Å². The van der Waals surface area contributed by atoms with Crippen molar-refractivity contribution in [2.24, 2.45) is 11.7 Å². The van der Waals surface area contributed by atoms with Gasteiger partial charge in [-0.15, -0.1) is 11.3 Å². The van der Waals surface area contributed by atoms with E-state index in [9.17, 15) is 14.4 Å². The number of esters is 1. The molecule has 25 heavy (non-hydrogen) atoms. The standard InChI is InChI=1S/C17H27N3O4S/c1-5-6-7-15(22)19-12(10(2)3)8-14(24-11(4)21)17-20-13(9-25-17)16(18)23/h9-10,12,14H,5-8H2,1-4H3,(H2,18,23)(H,19,22). The SMILES string of the molecule is CCCCC(=O)NC(CC(OC(C)=O)c1nc(C(N)=O)cs1)C(C)C. The second-order valence-corrected chi connectivity index (χ2v) is 7.18. The lowest BCUT2D eigenvalue weighted by atomic mass is 9.97. The zero-order valence-electron chi connectivity index (χ0n) is 15.2. The quantitative estimate of drug-likeness (QED) is 0.616. The van der Waals surface area contributed by atoms with E-state index in [2.05, 4.69) is 10.3 Å². The van der Waals surface area contributed by atoms with Crippen molar-refractivity contribution in [3.8, 4) is 0 Å². The fraction of sp³-hybridized carbons (Fsp3) is 0.647. The van der Waals surface area contributed by atoms with E-state index in [1.165, 1.54) is 18.3 Å². The Labute approximate surface area is 152 Å². The van der Waals surface area contributed by atoms with E-state index in [4.69, 9.17) is 10.5 Å². The summed E-state index contributed by atoms with van der Waals surface area (Å²) in [5, 5.41) is 5.05. The zero-order chi connectivity index (χ0) is 19.0. The maximum atomic E-state index is 12.1. The molecule has 0 fully saturated rings. The van der Waals surface area contributed by atoms with Gasteiger partial charge in [0, 0.05) is 31.2 Å². The van der Waals surface area contributed by atoms with Gasteiger partial charge < -0.3 is 15.8 Å². The van der Waals surface area contributed by atoms with Gasteiger partial charge in [0.1, 0.15) is 10.7 Å². The zero-order valence-corrected chi connectivity index (χ0v) is 16.0. The monoisotopic (exact) mass is 369 g/mol. The largest absolute Gasteiger partial charge is 0.455 e. The molecule has 7 nitrogen and oxygen atoms in total. The number of nitrogens with one attached hydrogen (secondary N) is 1. The number of hydrogen-bond donors (Lipinski definition) is 2. The lowest BCUT2D eigenvalue weighted by molar-refractivity contribution is -0.147. The summed E-state index contributed by atoms with van der Waals surface area (Å²) in [4.78, 5) is 38.9. The number of amides is 2. The van der Waals surface area contributed by atoms with Gasteiger partial charge in [-0.3, -0.25) is 14.4 Å². The first-order chi connectivity index (χ1) is 11.7. The number of ether oxygens (including phenoxy) is 1. The average molecular weight is 369 g/mol. The summed E-state index contributed by atoms with van der Waals surface area (Å²) < 4.78 is 5.38. The molecule has 1 rings (SSSR count). The van der Waals surface area contributed by atoms with Gasteiger partial charge in [0.15, 0.2) is 6.10 Å². The van der Waals surface area contributed by atoms with Crippen LogP contribution in [-0.2, 0) is 14.3 Å². The van der Waals surface area contributed by atoms with Crippen molar-refractivity contribution < 1.29 is 19.1 Å². The van der Waals surface area contributed by atoms with Gasteiger partial charge in [-0.05, 0) is 12.3 Å². The van der Waals surface area contributed by atoms with E-state index >= 15 is 0 Å². The molecular weight excluding hydrogens is 342 g/mol. The number of aromatic nitrogens is 1. The minimum Gasteiger partial charge on any atom is -0.455 e. The molecule has 0 bridgehead atoms. The molecule has 0 aliphatic rings. The Morgan fingerprint density at radius 3 is 2.52 bits per heavy atom. The van der Waals surface area contributed by atoms with Crippen LogP contribution in [0.3, 0.4) is 0 Å².